The molecule has 1 amide bonds. The van der Waals surface area contributed by atoms with E-state index in [2.05, 4.69) is 5.32 Å². The fourth-order valence-electron chi connectivity index (χ4n) is 3.71. The minimum atomic E-state index is -3.74. The second-order valence-corrected chi connectivity index (χ2v) is 9.30. The monoisotopic (exact) mass is 430 g/mol. The van der Waals surface area contributed by atoms with E-state index in [1.807, 2.05) is 30.3 Å². The van der Waals surface area contributed by atoms with Crippen molar-refractivity contribution in [3.05, 3.63) is 60.2 Å². The molecule has 2 aromatic carbocycles. The van der Waals surface area contributed by atoms with Crippen molar-refractivity contribution in [3.8, 4) is 0 Å². The van der Waals surface area contributed by atoms with Crippen LogP contribution in [0.15, 0.2) is 59.5 Å². The van der Waals surface area contributed by atoms with Gasteiger partial charge in [0.2, 0.25) is 10.0 Å². The highest BCUT2D eigenvalue weighted by Crippen LogP contribution is 2.50. The van der Waals surface area contributed by atoms with Crippen LogP contribution in [0, 0.1) is 0 Å². The number of thiocarbonyl (C=S) groups is 1. The number of nitrogens with zero attached hydrogens (tertiary/aromatic N) is 2. The Labute approximate surface area is 175 Å². The molecule has 1 saturated carbocycles. The number of anilines is 1. The van der Waals surface area contributed by atoms with Crippen LogP contribution in [0.5, 0.6) is 0 Å². The van der Waals surface area contributed by atoms with Gasteiger partial charge in [-0.15, -0.1) is 0 Å². The van der Waals surface area contributed by atoms with Crippen LogP contribution in [0.1, 0.15) is 24.8 Å². The van der Waals surface area contributed by atoms with Gasteiger partial charge in [0.25, 0.3) is 5.91 Å². The van der Waals surface area contributed by atoms with E-state index >= 15 is 0 Å². The van der Waals surface area contributed by atoms with Crippen molar-refractivity contribution in [1.82, 2.24) is 10.0 Å². The van der Waals surface area contributed by atoms with Crippen LogP contribution >= 0.6 is 12.2 Å². The maximum atomic E-state index is 13.4. The van der Waals surface area contributed by atoms with Crippen LogP contribution in [-0.4, -0.2) is 42.5 Å². The molecule has 0 aromatic heterocycles. The fraction of sp³-hybridized carbons (Fsp3) is 0.300. The normalized spacial score (nSPS) is 17.8. The van der Waals surface area contributed by atoms with E-state index in [1.54, 1.807) is 22.2 Å². The number of hydrogen-bond donors (Lipinski definition) is 2. The van der Waals surface area contributed by atoms with Gasteiger partial charge in [-0.3, -0.25) is 14.8 Å². The first kappa shape index (κ1) is 19.8. The maximum absolute atomic E-state index is 13.4. The molecule has 9 heteroatoms. The third kappa shape index (κ3) is 3.85. The van der Waals surface area contributed by atoms with Crippen LogP contribution in [0.25, 0.3) is 0 Å². The highest BCUT2D eigenvalue weighted by molar-refractivity contribution is 7.89. The summed E-state index contributed by atoms with van der Waals surface area (Å²) in [6, 6.07) is 15.9. The molecule has 4 rings (SSSR count). The number of amides is 1. The lowest BCUT2D eigenvalue weighted by atomic mass is 9.95. The summed E-state index contributed by atoms with van der Waals surface area (Å²) in [6.45, 7) is 1.28. The summed E-state index contributed by atoms with van der Waals surface area (Å²) in [7, 11) is -3.74. The summed E-state index contributed by atoms with van der Waals surface area (Å²) < 4.78 is 22.8. The van der Waals surface area contributed by atoms with E-state index in [-0.39, 0.29) is 10.8 Å². The Morgan fingerprint density at radius 1 is 1.00 bits per heavy atom. The van der Waals surface area contributed by atoms with Gasteiger partial charge in [0.15, 0.2) is 5.11 Å². The van der Waals surface area contributed by atoms with Gasteiger partial charge in [0.05, 0.1) is 10.3 Å². The van der Waals surface area contributed by atoms with E-state index in [4.69, 9.17) is 17.4 Å². The van der Waals surface area contributed by atoms with Crippen molar-refractivity contribution in [3.63, 3.8) is 0 Å². The smallest absolute Gasteiger partial charge is 0.251 e. The number of nitrogens with one attached hydrogen (secondary N) is 1. The topological polar surface area (TPSA) is 95.7 Å². The number of hydrogen-bond acceptors (Lipinski definition) is 4. The van der Waals surface area contributed by atoms with Crippen LogP contribution in [-0.2, 0) is 20.2 Å². The van der Waals surface area contributed by atoms with Crippen molar-refractivity contribution >= 4 is 38.9 Å². The maximum Gasteiger partial charge on any atom is 0.251 e. The molecular weight excluding hydrogens is 408 g/mol. The molecule has 1 aliphatic heterocycles. The summed E-state index contributed by atoms with van der Waals surface area (Å²) in [4.78, 5) is 13.4. The number of nitrogens with two attached hydrogens (primary N) is 1. The number of benzene rings is 2. The molecule has 0 bridgehead atoms. The average molecular weight is 431 g/mol. The van der Waals surface area contributed by atoms with E-state index < -0.39 is 15.4 Å². The molecule has 0 atom stereocenters. The molecule has 29 heavy (non-hydrogen) atoms. The van der Waals surface area contributed by atoms with Crippen molar-refractivity contribution in [2.45, 2.75) is 29.6 Å². The quantitative estimate of drug-likeness (QED) is 0.722. The predicted octanol–water partition coefficient (Wildman–Crippen LogP) is 2.21. The van der Waals surface area contributed by atoms with Gasteiger partial charge in [-0.2, -0.15) is 0 Å². The van der Waals surface area contributed by atoms with E-state index in [0.29, 0.717) is 23.9 Å². The first-order valence-electron chi connectivity index (χ1n) is 9.40. The summed E-state index contributed by atoms with van der Waals surface area (Å²) >= 11 is 5.54. The zero-order chi connectivity index (χ0) is 20.6. The molecular formula is C20H22N4O3S2. The fourth-order valence-corrected chi connectivity index (χ4v) is 4.53. The van der Waals surface area contributed by atoms with E-state index in [0.717, 1.165) is 24.8 Å². The standard InChI is InChI=1S/C20H22N4O3S2/c21-29(26,27)17-9-7-16(8-10-17)22-19(28)24-14-4-13-23(24)18(25)20(11-12-20)15-5-2-1-3-6-15/h1-3,5-10H,4,11-14H2,(H,22,28)(H2,21,26,27). The van der Waals surface area contributed by atoms with Gasteiger partial charge in [-0.1, -0.05) is 30.3 Å². The Hall–Kier alpha value is -2.49. The average Bonchev–Trinajstić information content (AvgIpc) is 3.37. The summed E-state index contributed by atoms with van der Waals surface area (Å²) in [5, 5.41) is 12.2. The first-order valence-corrected chi connectivity index (χ1v) is 11.4. The Morgan fingerprint density at radius 3 is 2.21 bits per heavy atom. The van der Waals surface area contributed by atoms with E-state index in [9.17, 15) is 13.2 Å². The van der Waals surface area contributed by atoms with Gasteiger partial charge >= 0.3 is 0 Å². The van der Waals surface area contributed by atoms with Gasteiger partial charge in [0, 0.05) is 18.8 Å². The number of primary sulfonamides is 1. The van der Waals surface area contributed by atoms with Gasteiger partial charge in [0.1, 0.15) is 0 Å². The minimum Gasteiger partial charge on any atom is -0.331 e. The third-order valence-corrected chi connectivity index (χ3v) is 6.66. The number of carbonyl (C=O) groups excluding carboxylic acids is 1. The number of hydrazine groups is 1. The lowest BCUT2D eigenvalue weighted by Gasteiger charge is -2.33. The molecule has 0 spiro atoms. The largest absolute Gasteiger partial charge is 0.331 e. The summed E-state index contributed by atoms with van der Waals surface area (Å²) in [5.74, 6) is 0.0786. The molecule has 1 aliphatic carbocycles. The van der Waals surface area contributed by atoms with Crippen molar-refractivity contribution in [2.75, 3.05) is 18.4 Å². The lowest BCUT2D eigenvalue weighted by molar-refractivity contribution is -0.141. The number of rotatable bonds is 4. The molecule has 1 saturated heterocycles. The Morgan fingerprint density at radius 2 is 1.62 bits per heavy atom. The SMILES string of the molecule is NS(=O)(=O)c1ccc(NC(=S)N2CCCN2C(=O)C2(c3ccccc3)CC2)cc1. The Bertz CT molecular complexity index is 1040. The summed E-state index contributed by atoms with van der Waals surface area (Å²) in [5.41, 5.74) is 1.23. The van der Waals surface area contributed by atoms with Crippen molar-refractivity contribution in [1.29, 1.82) is 0 Å². The predicted molar refractivity (Wildman–Crippen MR) is 114 cm³/mol. The number of sulfonamides is 1. The minimum absolute atomic E-state index is 0.0329. The molecule has 3 N–H and O–H groups in total. The van der Waals surface area contributed by atoms with Gasteiger partial charge < -0.3 is 5.32 Å². The Balaban J connectivity index is 1.48. The molecule has 1 heterocycles. The molecule has 2 aliphatic rings. The van der Waals surface area contributed by atoms with Gasteiger partial charge in [-0.25, -0.2) is 13.6 Å². The number of carbonyl (C=O) groups is 1. The summed E-state index contributed by atoms with van der Waals surface area (Å²) in [6.07, 6.45) is 2.52. The van der Waals surface area contributed by atoms with E-state index in [1.165, 1.54) is 12.1 Å². The zero-order valence-electron chi connectivity index (χ0n) is 15.7. The molecule has 2 fully saturated rings. The molecule has 7 nitrogen and oxygen atoms in total. The molecule has 152 valence electrons. The van der Waals surface area contributed by atoms with Crippen molar-refractivity contribution < 1.29 is 13.2 Å². The third-order valence-electron chi connectivity index (χ3n) is 5.42. The molecule has 0 unspecified atom stereocenters. The Kier molecular flexibility index (Phi) is 5.05. The van der Waals surface area contributed by atoms with Crippen molar-refractivity contribution in [2.24, 2.45) is 5.14 Å². The second kappa shape index (κ2) is 7.40. The highest BCUT2D eigenvalue weighted by atomic mass is 32.2. The molecule has 0 radical (unpaired) electrons. The van der Waals surface area contributed by atoms with Crippen LogP contribution < -0.4 is 10.5 Å². The van der Waals surface area contributed by atoms with Crippen LogP contribution in [0.4, 0.5) is 5.69 Å². The second-order valence-electron chi connectivity index (χ2n) is 7.35. The zero-order valence-corrected chi connectivity index (χ0v) is 17.4. The van der Waals surface area contributed by atoms with Crippen LogP contribution in [0.2, 0.25) is 0 Å². The molecule has 2 aromatic rings. The van der Waals surface area contributed by atoms with Gasteiger partial charge in [-0.05, 0) is 61.3 Å². The highest BCUT2D eigenvalue weighted by Gasteiger charge is 2.54. The lowest BCUT2D eigenvalue weighted by Crippen LogP contribution is -2.50. The first-order chi connectivity index (χ1) is 13.8. The van der Waals surface area contributed by atoms with Crippen LogP contribution in [0.3, 0.4) is 0 Å².